The Labute approximate surface area is 300 Å². The fraction of sp³-hybridized carbons (Fsp3) is 0.952. The molecule has 6 heteroatoms. The number of carbonyl (C=O) groups is 2. The van der Waals surface area contributed by atoms with Crippen molar-refractivity contribution in [1.82, 2.24) is 21.3 Å². The summed E-state index contributed by atoms with van der Waals surface area (Å²) < 4.78 is 0. The van der Waals surface area contributed by atoms with Crippen molar-refractivity contribution >= 4 is 11.8 Å². The van der Waals surface area contributed by atoms with Crippen molar-refractivity contribution in [3.63, 3.8) is 0 Å². The first kappa shape index (κ1) is 46.9. The normalized spacial score (nSPS) is 11.3. The average molecular weight is 679 g/mol. The van der Waals surface area contributed by atoms with Crippen molar-refractivity contribution in [3.05, 3.63) is 0 Å². The molecular weight excluding hydrogens is 592 g/mol. The minimum Gasteiger partial charge on any atom is -0.355 e. The smallest absolute Gasteiger partial charge is 0.220 e. The van der Waals surface area contributed by atoms with E-state index in [1.54, 1.807) is 0 Å². The maximum absolute atomic E-state index is 12.1. The molecule has 286 valence electrons. The third-order valence-electron chi connectivity index (χ3n) is 9.74. The van der Waals surface area contributed by atoms with E-state index in [2.05, 4.69) is 35.1 Å². The minimum absolute atomic E-state index is 0.185. The number of amides is 2. The van der Waals surface area contributed by atoms with Gasteiger partial charge in [-0.05, 0) is 12.8 Å². The van der Waals surface area contributed by atoms with E-state index in [1.165, 1.54) is 180 Å². The van der Waals surface area contributed by atoms with Crippen molar-refractivity contribution in [2.75, 3.05) is 39.3 Å². The summed E-state index contributed by atoms with van der Waals surface area (Å²) in [5.74, 6) is 0.370. The number of hydrogen-bond acceptors (Lipinski definition) is 4. The van der Waals surface area contributed by atoms with Crippen molar-refractivity contribution < 1.29 is 9.59 Å². The van der Waals surface area contributed by atoms with Crippen LogP contribution in [0.25, 0.3) is 0 Å². The molecule has 0 spiro atoms. The number of hydrogen-bond donors (Lipinski definition) is 4. The molecule has 0 heterocycles. The highest BCUT2D eigenvalue weighted by Crippen LogP contribution is 2.15. The van der Waals surface area contributed by atoms with Crippen LogP contribution in [0.3, 0.4) is 0 Å². The molecule has 0 unspecified atom stereocenters. The van der Waals surface area contributed by atoms with Crippen molar-refractivity contribution in [1.29, 1.82) is 0 Å². The Morgan fingerprint density at radius 1 is 0.292 bits per heavy atom. The van der Waals surface area contributed by atoms with Crippen LogP contribution in [0.15, 0.2) is 0 Å². The summed E-state index contributed by atoms with van der Waals surface area (Å²) >= 11 is 0. The zero-order chi connectivity index (χ0) is 34.9. The summed E-state index contributed by atoms with van der Waals surface area (Å²) in [5, 5.41) is 12.8. The van der Waals surface area contributed by atoms with Crippen LogP contribution in [0, 0.1) is 0 Å². The van der Waals surface area contributed by atoms with Gasteiger partial charge in [0.1, 0.15) is 0 Å². The van der Waals surface area contributed by atoms with Crippen molar-refractivity contribution in [2.24, 2.45) is 0 Å². The Morgan fingerprint density at radius 2 is 0.500 bits per heavy atom. The van der Waals surface area contributed by atoms with Crippen LogP contribution in [0.4, 0.5) is 0 Å². The summed E-state index contributed by atoms with van der Waals surface area (Å²) in [6.45, 7) is 9.26. The molecule has 0 aliphatic heterocycles. The molecule has 0 atom stereocenters. The van der Waals surface area contributed by atoms with Crippen LogP contribution in [0.1, 0.15) is 219 Å². The van der Waals surface area contributed by atoms with E-state index in [1.807, 2.05) is 0 Å². The molecule has 0 aliphatic carbocycles. The van der Waals surface area contributed by atoms with Gasteiger partial charge in [-0.3, -0.25) is 9.59 Å². The Kier molecular flexibility index (Phi) is 41.0. The monoisotopic (exact) mass is 679 g/mol. The third-order valence-corrected chi connectivity index (χ3v) is 9.74. The van der Waals surface area contributed by atoms with Gasteiger partial charge in [0.15, 0.2) is 0 Å². The van der Waals surface area contributed by atoms with Gasteiger partial charge in [0.25, 0.3) is 0 Å². The van der Waals surface area contributed by atoms with Crippen LogP contribution in [-0.4, -0.2) is 51.1 Å². The highest BCUT2D eigenvalue weighted by molar-refractivity contribution is 5.76. The van der Waals surface area contributed by atoms with E-state index in [-0.39, 0.29) is 11.8 Å². The molecule has 0 fully saturated rings. The van der Waals surface area contributed by atoms with Gasteiger partial charge in [-0.1, -0.05) is 194 Å². The summed E-state index contributed by atoms with van der Waals surface area (Å²) in [5.41, 5.74) is 0. The highest BCUT2D eigenvalue weighted by atomic mass is 16.2. The van der Waals surface area contributed by atoms with E-state index in [0.717, 1.165) is 39.0 Å². The van der Waals surface area contributed by atoms with Gasteiger partial charge in [0.05, 0.1) is 0 Å². The molecule has 0 aromatic carbocycles. The Morgan fingerprint density at radius 3 is 0.750 bits per heavy atom. The maximum Gasteiger partial charge on any atom is 0.220 e. The zero-order valence-electron chi connectivity index (χ0n) is 32.7. The van der Waals surface area contributed by atoms with Crippen LogP contribution >= 0.6 is 0 Å². The van der Waals surface area contributed by atoms with E-state index < -0.39 is 0 Å². The average Bonchev–Trinajstić information content (AvgIpc) is 3.09. The van der Waals surface area contributed by atoms with Gasteiger partial charge in [-0.2, -0.15) is 0 Å². The molecule has 0 saturated carbocycles. The standard InChI is InChI=1S/C42H86N4O2/c1-3-5-7-9-11-13-15-17-19-21-23-25-27-29-31-33-41(47)45-39-37-43-35-36-44-38-40-46-42(48)34-32-30-28-26-24-22-20-18-16-14-12-10-8-6-4-2/h43-44H,3-40H2,1-2H3,(H,45,47)(H,46,48). The molecule has 0 radical (unpaired) electrons. The van der Waals surface area contributed by atoms with Gasteiger partial charge >= 0.3 is 0 Å². The second-order valence-electron chi connectivity index (χ2n) is 14.6. The molecule has 0 rings (SSSR count). The first-order valence-electron chi connectivity index (χ1n) is 21.7. The Bertz CT molecular complexity index is 591. The molecule has 0 saturated heterocycles. The van der Waals surface area contributed by atoms with Crippen molar-refractivity contribution in [3.8, 4) is 0 Å². The molecular formula is C42H86N4O2. The minimum atomic E-state index is 0.185. The van der Waals surface area contributed by atoms with Crippen LogP contribution in [0.2, 0.25) is 0 Å². The van der Waals surface area contributed by atoms with E-state index in [9.17, 15) is 9.59 Å². The quantitative estimate of drug-likeness (QED) is 0.0485. The number of nitrogens with one attached hydrogen (secondary N) is 4. The van der Waals surface area contributed by atoms with Crippen LogP contribution < -0.4 is 21.3 Å². The topological polar surface area (TPSA) is 82.3 Å². The lowest BCUT2D eigenvalue weighted by atomic mass is 10.0. The summed E-state index contributed by atoms with van der Waals surface area (Å²) in [6, 6.07) is 0. The van der Waals surface area contributed by atoms with E-state index in [0.29, 0.717) is 25.9 Å². The molecule has 6 nitrogen and oxygen atoms in total. The number of rotatable bonds is 41. The largest absolute Gasteiger partial charge is 0.355 e. The molecule has 0 aromatic heterocycles. The lowest BCUT2D eigenvalue weighted by Gasteiger charge is -2.09. The molecule has 0 aliphatic rings. The molecule has 2 amide bonds. The summed E-state index contributed by atoms with van der Waals surface area (Å²) in [7, 11) is 0. The third kappa shape index (κ3) is 41.0. The summed E-state index contributed by atoms with van der Waals surface area (Å²) in [6.07, 6.45) is 41.8. The van der Waals surface area contributed by atoms with Crippen LogP contribution in [0.5, 0.6) is 0 Å². The summed E-state index contributed by atoms with van der Waals surface area (Å²) in [4.78, 5) is 24.1. The Hall–Kier alpha value is -1.14. The zero-order valence-corrected chi connectivity index (χ0v) is 32.7. The molecule has 0 bridgehead atoms. The second-order valence-corrected chi connectivity index (χ2v) is 14.6. The van der Waals surface area contributed by atoms with Crippen LogP contribution in [-0.2, 0) is 9.59 Å². The molecule has 4 N–H and O–H groups in total. The van der Waals surface area contributed by atoms with E-state index >= 15 is 0 Å². The highest BCUT2D eigenvalue weighted by Gasteiger charge is 2.02. The number of carbonyl (C=O) groups excluding carboxylic acids is 2. The SMILES string of the molecule is CCCCCCCCCCCCCCCCCC(=O)NCCNCCNCCNC(=O)CCCCCCCCCCCCCCCCC. The lowest BCUT2D eigenvalue weighted by Crippen LogP contribution is -2.37. The predicted octanol–water partition coefficient (Wildman–Crippen LogP) is 10.9. The van der Waals surface area contributed by atoms with Gasteiger partial charge in [-0.15, -0.1) is 0 Å². The lowest BCUT2D eigenvalue weighted by molar-refractivity contribution is -0.122. The first-order valence-corrected chi connectivity index (χ1v) is 21.7. The van der Waals surface area contributed by atoms with Gasteiger partial charge in [-0.25, -0.2) is 0 Å². The van der Waals surface area contributed by atoms with E-state index in [4.69, 9.17) is 0 Å². The molecule has 0 aromatic rings. The fourth-order valence-corrected chi connectivity index (χ4v) is 6.50. The first-order chi connectivity index (χ1) is 23.7. The molecule has 48 heavy (non-hydrogen) atoms. The predicted molar refractivity (Wildman–Crippen MR) is 211 cm³/mol. The van der Waals surface area contributed by atoms with Crippen molar-refractivity contribution in [2.45, 2.75) is 219 Å². The van der Waals surface area contributed by atoms with Gasteiger partial charge < -0.3 is 21.3 Å². The second kappa shape index (κ2) is 42.0. The van der Waals surface area contributed by atoms with Gasteiger partial charge in [0.2, 0.25) is 11.8 Å². The fourth-order valence-electron chi connectivity index (χ4n) is 6.50. The Balaban J connectivity index is 3.23. The maximum atomic E-state index is 12.1. The number of unbranched alkanes of at least 4 members (excludes halogenated alkanes) is 28. The van der Waals surface area contributed by atoms with Gasteiger partial charge in [0, 0.05) is 52.1 Å².